The van der Waals surface area contributed by atoms with Crippen LogP contribution in [0.5, 0.6) is 0 Å². The number of hydrogen-bond acceptors (Lipinski definition) is 9. The van der Waals surface area contributed by atoms with Crippen LogP contribution in [0.2, 0.25) is 0 Å². The van der Waals surface area contributed by atoms with E-state index in [0.717, 1.165) is 11.8 Å². The Labute approximate surface area is 132 Å². The molecule has 0 amide bonds. The van der Waals surface area contributed by atoms with E-state index >= 15 is 0 Å². The SMILES string of the molecule is CC(=O)OC[C@H]1O[C@H](OC(C)C)[C@H](O)[C@]2(OC(C)=O)S[C@]12O. The molecule has 0 saturated carbocycles. The average Bonchev–Trinajstić information content (AvgIpc) is 2.97. The number of esters is 2. The van der Waals surface area contributed by atoms with Gasteiger partial charge in [0, 0.05) is 13.8 Å². The molecule has 0 aromatic rings. The van der Waals surface area contributed by atoms with Crippen molar-refractivity contribution in [2.45, 2.75) is 62.2 Å². The van der Waals surface area contributed by atoms with E-state index in [4.69, 9.17) is 18.9 Å². The smallest absolute Gasteiger partial charge is 0.304 e. The first-order valence-corrected chi connectivity index (χ1v) is 7.68. The Morgan fingerprint density at radius 1 is 1.32 bits per heavy atom. The van der Waals surface area contributed by atoms with E-state index in [-0.39, 0.29) is 12.7 Å². The minimum absolute atomic E-state index is 0.244. The molecule has 8 nitrogen and oxygen atoms in total. The number of aliphatic hydroxyl groups excluding tert-OH is 1. The molecule has 2 rings (SSSR count). The Kier molecular flexibility index (Phi) is 4.74. The molecule has 22 heavy (non-hydrogen) atoms. The van der Waals surface area contributed by atoms with Gasteiger partial charge in [0.15, 0.2) is 17.3 Å². The molecule has 0 radical (unpaired) electrons. The van der Waals surface area contributed by atoms with Crippen LogP contribution in [0, 0.1) is 0 Å². The molecule has 2 heterocycles. The van der Waals surface area contributed by atoms with Crippen molar-refractivity contribution in [3.05, 3.63) is 0 Å². The maximum atomic E-state index is 11.3. The van der Waals surface area contributed by atoms with Crippen LogP contribution in [-0.2, 0) is 28.5 Å². The predicted octanol–water partition coefficient (Wildman–Crippen LogP) is -0.245. The lowest BCUT2D eigenvalue weighted by Gasteiger charge is -2.39. The molecule has 0 spiro atoms. The number of carbonyl (C=O) groups excluding carboxylic acids is 2. The molecule has 2 fully saturated rings. The number of fused-ring (bicyclic) bond motifs is 1. The molecule has 126 valence electrons. The van der Waals surface area contributed by atoms with E-state index in [1.807, 2.05) is 0 Å². The average molecular weight is 336 g/mol. The number of rotatable bonds is 5. The van der Waals surface area contributed by atoms with Crippen LogP contribution < -0.4 is 0 Å². The van der Waals surface area contributed by atoms with Gasteiger partial charge in [-0.25, -0.2) is 0 Å². The van der Waals surface area contributed by atoms with Gasteiger partial charge in [0.2, 0.25) is 4.93 Å². The number of aliphatic hydroxyl groups is 2. The molecule has 2 N–H and O–H groups in total. The number of thioether (sulfide) groups is 1. The quantitative estimate of drug-likeness (QED) is 0.518. The summed E-state index contributed by atoms with van der Waals surface area (Å²) in [6.07, 6.45) is -3.75. The summed E-state index contributed by atoms with van der Waals surface area (Å²) >= 11 is 0.842. The van der Waals surface area contributed by atoms with Gasteiger partial charge in [-0.2, -0.15) is 0 Å². The van der Waals surface area contributed by atoms with Crippen LogP contribution in [0.4, 0.5) is 0 Å². The highest BCUT2D eigenvalue weighted by Gasteiger charge is 2.83. The lowest BCUT2D eigenvalue weighted by atomic mass is 9.99. The van der Waals surface area contributed by atoms with Crippen LogP contribution in [0.15, 0.2) is 0 Å². The van der Waals surface area contributed by atoms with Crippen molar-refractivity contribution < 1.29 is 38.7 Å². The van der Waals surface area contributed by atoms with E-state index in [1.54, 1.807) is 13.8 Å². The van der Waals surface area contributed by atoms with Crippen LogP contribution in [0.25, 0.3) is 0 Å². The van der Waals surface area contributed by atoms with Gasteiger partial charge in [-0.15, -0.1) is 0 Å². The second-order valence-corrected chi connectivity index (χ2v) is 6.92. The second-order valence-electron chi connectivity index (χ2n) is 5.49. The van der Waals surface area contributed by atoms with Crippen LogP contribution >= 0.6 is 11.8 Å². The van der Waals surface area contributed by atoms with E-state index < -0.39 is 40.3 Å². The molecule has 5 atom stereocenters. The molecule has 2 saturated heterocycles. The monoisotopic (exact) mass is 336 g/mol. The minimum atomic E-state index is -1.69. The van der Waals surface area contributed by atoms with Crippen molar-refractivity contribution in [2.24, 2.45) is 0 Å². The fourth-order valence-corrected chi connectivity index (χ4v) is 3.71. The highest BCUT2D eigenvalue weighted by Crippen LogP contribution is 2.69. The van der Waals surface area contributed by atoms with Crippen LogP contribution in [0.1, 0.15) is 27.7 Å². The van der Waals surface area contributed by atoms with Crippen molar-refractivity contribution in [2.75, 3.05) is 6.61 Å². The van der Waals surface area contributed by atoms with E-state index in [0.29, 0.717) is 0 Å². The Morgan fingerprint density at radius 3 is 2.45 bits per heavy atom. The van der Waals surface area contributed by atoms with Gasteiger partial charge in [-0.3, -0.25) is 9.59 Å². The van der Waals surface area contributed by atoms with E-state index in [2.05, 4.69) is 0 Å². The zero-order valence-corrected chi connectivity index (χ0v) is 13.6. The zero-order chi connectivity index (χ0) is 16.7. The fourth-order valence-electron chi connectivity index (χ4n) is 2.36. The lowest BCUT2D eigenvalue weighted by molar-refractivity contribution is -0.310. The summed E-state index contributed by atoms with van der Waals surface area (Å²) in [6.45, 7) is 5.65. The van der Waals surface area contributed by atoms with Gasteiger partial charge in [-0.1, -0.05) is 11.8 Å². The summed E-state index contributed by atoms with van der Waals surface area (Å²) in [6, 6.07) is 0. The molecule has 2 aliphatic rings. The van der Waals surface area contributed by atoms with Crippen molar-refractivity contribution in [3.8, 4) is 0 Å². The highest BCUT2D eigenvalue weighted by atomic mass is 32.2. The first-order chi connectivity index (χ1) is 10.1. The van der Waals surface area contributed by atoms with Crippen molar-refractivity contribution in [1.82, 2.24) is 0 Å². The van der Waals surface area contributed by atoms with Gasteiger partial charge < -0.3 is 29.2 Å². The fraction of sp³-hybridized carbons (Fsp3) is 0.846. The molecule has 0 aromatic heterocycles. The topological polar surface area (TPSA) is 112 Å². The number of hydrogen-bond donors (Lipinski definition) is 2. The van der Waals surface area contributed by atoms with Gasteiger partial charge >= 0.3 is 11.9 Å². The van der Waals surface area contributed by atoms with E-state index in [1.165, 1.54) is 13.8 Å². The summed E-state index contributed by atoms with van der Waals surface area (Å²) in [7, 11) is 0. The Balaban J connectivity index is 2.22. The summed E-state index contributed by atoms with van der Waals surface area (Å²) in [4.78, 5) is 19.0. The normalized spacial score (nSPS) is 40.0. The minimum Gasteiger partial charge on any atom is -0.463 e. The zero-order valence-electron chi connectivity index (χ0n) is 12.8. The first kappa shape index (κ1) is 17.5. The molecular weight excluding hydrogens is 316 g/mol. The lowest BCUT2D eigenvalue weighted by Crippen LogP contribution is -2.61. The number of ether oxygens (including phenoxy) is 4. The molecule has 0 unspecified atom stereocenters. The van der Waals surface area contributed by atoms with Crippen molar-refractivity contribution >= 4 is 23.7 Å². The van der Waals surface area contributed by atoms with Gasteiger partial charge in [-0.05, 0) is 13.8 Å². The maximum absolute atomic E-state index is 11.3. The molecule has 0 aromatic carbocycles. The standard InChI is InChI=1S/C13H20O8S/c1-6(2)19-11-10(16)13(21-8(4)15)12(17,22-13)9(20-11)5-18-7(3)14/h6,9-11,16-17H,5H2,1-4H3/t9-,10+,11+,12-,13+/m1/s1. The Morgan fingerprint density at radius 2 is 1.95 bits per heavy atom. The Bertz CT molecular complexity index is 469. The van der Waals surface area contributed by atoms with E-state index in [9.17, 15) is 19.8 Å². The second kappa shape index (κ2) is 5.97. The molecule has 2 aliphatic heterocycles. The largest absolute Gasteiger partial charge is 0.463 e. The molecule has 9 heteroatoms. The summed E-state index contributed by atoms with van der Waals surface area (Å²) in [5.74, 6) is -1.19. The predicted molar refractivity (Wildman–Crippen MR) is 74.6 cm³/mol. The highest BCUT2D eigenvalue weighted by molar-refractivity contribution is 8.09. The summed E-state index contributed by atoms with van der Waals surface area (Å²) in [5.41, 5.74) is 0. The van der Waals surface area contributed by atoms with Gasteiger partial charge in [0.1, 0.15) is 12.7 Å². The van der Waals surface area contributed by atoms with Gasteiger partial charge in [0.05, 0.1) is 6.10 Å². The Hall–Kier alpha value is -0.870. The first-order valence-electron chi connectivity index (χ1n) is 6.87. The molecular formula is C13H20O8S. The van der Waals surface area contributed by atoms with Crippen LogP contribution in [-0.4, -0.2) is 63.2 Å². The summed E-state index contributed by atoms with van der Waals surface area (Å²) < 4.78 is 21.0. The molecule has 0 aliphatic carbocycles. The maximum Gasteiger partial charge on any atom is 0.304 e. The third-order valence-corrected chi connectivity index (χ3v) is 4.90. The molecule has 0 bridgehead atoms. The summed E-state index contributed by atoms with van der Waals surface area (Å²) in [5, 5.41) is 21.0. The third-order valence-electron chi connectivity index (χ3n) is 3.29. The van der Waals surface area contributed by atoms with Crippen molar-refractivity contribution in [3.63, 3.8) is 0 Å². The van der Waals surface area contributed by atoms with Crippen LogP contribution in [0.3, 0.4) is 0 Å². The third kappa shape index (κ3) is 2.95. The number of carbonyl (C=O) groups is 2. The van der Waals surface area contributed by atoms with Crippen molar-refractivity contribution in [1.29, 1.82) is 0 Å². The van der Waals surface area contributed by atoms with Gasteiger partial charge in [0.25, 0.3) is 0 Å².